The van der Waals surface area contributed by atoms with Gasteiger partial charge in [0.05, 0.1) is 47.3 Å². The highest BCUT2D eigenvalue weighted by Crippen LogP contribution is 2.30. The molecule has 1 aromatic carbocycles. The maximum absolute atomic E-state index is 12.3. The van der Waals surface area contributed by atoms with Gasteiger partial charge in [-0.25, -0.2) is 0 Å². The van der Waals surface area contributed by atoms with Crippen LogP contribution in [0.3, 0.4) is 0 Å². The van der Waals surface area contributed by atoms with Crippen molar-refractivity contribution in [2.45, 2.75) is 25.7 Å². The average molecular weight is 292 g/mol. The number of Topliss-reactive ketones (excluding diaryl/α,β-unsaturated/α-hetero) is 1. The predicted octanol–water partition coefficient (Wildman–Crippen LogP) is 2.91. The second-order valence-electron chi connectivity index (χ2n) is 6.61. The Morgan fingerprint density at radius 3 is 2.38 bits per heavy atom. The summed E-state index contributed by atoms with van der Waals surface area (Å²) in [6.45, 7) is 2.23. The van der Waals surface area contributed by atoms with Crippen LogP contribution in [-0.2, 0) is 0 Å². The highest BCUT2D eigenvalue weighted by molar-refractivity contribution is 5.96. The molecule has 0 atom stereocenters. The van der Waals surface area contributed by atoms with E-state index < -0.39 is 0 Å². The monoisotopic (exact) mass is 292 g/mol. The fourth-order valence-electron chi connectivity index (χ4n) is 2.24. The molecule has 0 aliphatic carbocycles. The number of nitrogens with zero attached hydrogens (tertiary/aromatic N) is 1. The van der Waals surface area contributed by atoms with E-state index in [-0.39, 0.29) is 5.78 Å². The van der Waals surface area contributed by atoms with Crippen molar-refractivity contribution in [3.8, 4) is 11.5 Å². The number of rotatable bonds is 4. The van der Waals surface area contributed by atoms with Crippen molar-refractivity contribution < 1.29 is 18.8 Å². The number of quaternary nitrogens is 1. The molecular formula is C17H26NO3+. The third-order valence-electron chi connectivity index (χ3n) is 3.58. The lowest BCUT2D eigenvalue weighted by Crippen LogP contribution is -2.36. The van der Waals surface area contributed by atoms with E-state index in [1.54, 1.807) is 0 Å². The molecule has 1 aliphatic heterocycles. The van der Waals surface area contributed by atoms with Crippen LogP contribution < -0.4 is 9.47 Å². The fourth-order valence-corrected chi connectivity index (χ4v) is 2.24. The minimum atomic E-state index is 0.161. The van der Waals surface area contributed by atoms with Crippen LogP contribution in [-0.4, -0.2) is 51.2 Å². The Labute approximate surface area is 127 Å². The second kappa shape index (κ2) is 6.94. The molecule has 116 valence electrons. The van der Waals surface area contributed by atoms with Gasteiger partial charge in [-0.2, -0.15) is 0 Å². The first-order valence-electron chi connectivity index (χ1n) is 7.69. The molecular weight excluding hydrogens is 266 g/mol. The van der Waals surface area contributed by atoms with E-state index in [2.05, 4.69) is 21.1 Å². The predicted molar refractivity (Wildman–Crippen MR) is 83.1 cm³/mol. The van der Waals surface area contributed by atoms with Crippen LogP contribution in [0.1, 0.15) is 36.0 Å². The Hall–Kier alpha value is -1.55. The number of carbonyl (C=O) groups is 1. The molecule has 0 amide bonds. The van der Waals surface area contributed by atoms with Gasteiger partial charge in [-0.1, -0.05) is 0 Å². The summed E-state index contributed by atoms with van der Waals surface area (Å²) in [5.74, 6) is 1.61. The highest BCUT2D eigenvalue weighted by Gasteiger charge is 2.16. The summed E-state index contributed by atoms with van der Waals surface area (Å²) in [5, 5.41) is 0. The molecule has 21 heavy (non-hydrogen) atoms. The molecule has 0 spiro atoms. The van der Waals surface area contributed by atoms with Gasteiger partial charge in [-0.3, -0.25) is 4.79 Å². The number of hydrogen-bond acceptors (Lipinski definition) is 3. The highest BCUT2D eigenvalue weighted by atomic mass is 16.5. The summed E-state index contributed by atoms with van der Waals surface area (Å²) in [6, 6.07) is 5.54. The maximum atomic E-state index is 12.3. The van der Waals surface area contributed by atoms with Crippen LogP contribution in [0.5, 0.6) is 11.5 Å². The largest absolute Gasteiger partial charge is 0.490 e. The molecule has 4 nitrogen and oxygen atoms in total. The first kappa shape index (κ1) is 15.8. The number of carbonyl (C=O) groups excluding carboxylic acids is 1. The lowest BCUT2D eigenvalue weighted by Gasteiger charge is -2.23. The van der Waals surface area contributed by atoms with Gasteiger partial charge in [-0.15, -0.1) is 0 Å². The van der Waals surface area contributed by atoms with Crippen molar-refractivity contribution in [3.05, 3.63) is 23.8 Å². The van der Waals surface area contributed by atoms with Crippen molar-refractivity contribution in [2.75, 3.05) is 40.9 Å². The van der Waals surface area contributed by atoms with E-state index in [1.807, 2.05) is 18.2 Å². The number of fused-ring (bicyclic) bond motifs is 1. The Morgan fingerprint density at radius 2 is 1.71 bits per heavy atom. The van der Waals surface area contributed by atoms with E-state index in [0.29, 0.717) is 30.9 Å². The van der Waals surface area contributed by atoms with E-state index in [1.165, 1.54) is 0 Å². The van der Waals surface area contributed by atoms with Gasteiger partial charge in [0, 0.05) is 5.56 Å². The summed E-state index contributed by atoms with van der Waals surface area (Å²) in [7, 11) is 6.27. The van der Waals surface area contributed by atoms with Crippen LogP contribution in [0.25, 0.3) is 0 Å². The molecule has 0 bridgehead atoms. The third kappa shape index (κ3) is 5.05. The van der Waals surface area contributed by atoms with Crippen molar-refractivity contribution in [1.29, 1.82) is 0 Å². The van der Waals surface area contributed by atoms with Crippen LogP contribution >= 0.6 is 0 Å². The topological polar surface area (TPSA) is 35.5 Å². The molecule has 1 aliphatic rings. The molecule has 0 radical (unpaired) electrons. The molecule has 0 fully saturated rings. The van der Waals surface area contributed by atoms with Gasteiger partial charge in [0.15, 0.2) is 17.3 Å². The van der Waals surface area contributed by atoms with Gasteiger partial charge in [0.1, 0.15) is 0 Å². The van der Waals surface area contributed by atoms with E-state index in [4.69, 9.17) is 9.47 Å². The number of ketones is 1. The standard InChI is InChI=1S/C17H26NO3/c1-18(2,3)10-9-15(19)14-7-8-16-17(13-14)21-12-6-4-5-11-20-16/h7-8,13H,4-6,9-12H2,1-3H3/q+1. The first-order chi connectivity index (χ1) is 9.96. The summed E-state index contributed by atoms with van der Waals surface area (Å²) in [6.07, 6.45) is 3.74. The van der Waals surface area contributed by atoms with Crippen LogP contribution in [0.15, 0.2) is 18.2 Å². The molecule has 4 heteroatoms. The molecule has 0 unspecified atom stereocenters. The minimum Gasteiger partial charge on any atom is -0.490 e. The molecule has 0 N–H and O–H groups in total. The molecule has 0 aromatic heterocycles. The van der Waals surface area contributed by atoms with E-state index in [9.17, 15) is 4.79 Å². The zero-order valence-corrected chi connectivity index (χ0v) is 13.4. The summed E-state index contributed by atoms with van der Waals surface area (Å²) in [5.41, 5.74) is 0.713. The molecule has 1 heterocycles. The van der Waals surface area contributed by atoms with Gasteiger partial charge in [0.25, 0.3) is 0 Å². The second-order valence-corrected chi connectivity index (χ2v) is 6.61. The van der Waals surface area contributed by atoms with Crippen LogP contribution in [0.2, 0.25) is 0 Å². The number of hydrogen-bond donors (Lipinski definition) is 0. The summed E-state index contributed by atoms with van der Waals surface area (Å²) in [4.78, 5) is 12.3. The van der Waals surface area contributed by atoms with Gasteiger partial charge in [-0.05, 0) is 37.5 Å². The van der Waals surface area contributed by atoms with Crippen molar-refractivity contribution >= 4 is 5.78 Å². The SMILES string of the molecule is C[N+](C)(C)CCC(=O)c1ccc2c(c1)OCCCCCO2. The number of benzene rings is 1. The van der Waals surface area contributed by atoms with Gasteiger partial charge in [0.2, 0.25) is 0 Å². The lowest BCUT2D eigenvalue weighted by atomic mass is 10.1. The summed E-state index contributed by atoms with van der Waals surface area (Å²) >= 11 is 0. The first-order valence-corrected chi connectivity index (χ1v) is 7.69. The lowest BCUT2D eigenvalue weighted by molar-refractivity contribution is -0.869. The quantitative estimate of drug-likeness (QED) is 0.632. The number of ether oxygens (including phenoxy) is 2. The minimum absolute atomic E-state index is 0.161. The fraction of sp³-hybridized carbons (Fsp3) is 0.588. The molecule has 0 saturated heterocycles. The van der Waals surface area contributed by atoms with Crippen LogP contribution in [0.4, 0.5) is 0 Å². The van der Waals surface area contributed by atoms with Crippen LogP contribution in [0, 0.1) is 0 Å². The molecule has 2 rings (SSSR count). The average Bonchev–Trinajstić information content (AvgIpc) is 2.54. The van der Waals surface area contributed by atoms with Crippen molar-refractivity contribution in [3.63, 3.8) is 0 Å². The zero-order chi connectivity index (χ0) is 15.3. The third-order valence-corrected chi connectivity index (χ3v) is 3.58. The Morgan fingerprint density at radius 1 is 1.05 bits per heavy atom. The zero-order valence-electron chi connectivity index (χ0n) is 13.4. The van der Waals surface area contributed by atoms with Crippen molar-refractivity contribution in [2.24, 2.45) is 0 Å². The van der Waals surface area contributed by atoms with Crippen molar-refractivity contribution in [1.82, 2.24) is 0 Å². The Balaban J connectivity index is 2.09. The Bertz CT molecular complexity index is 491. The normalized spacial score (nSPS) is 15.8. The van der Waals surface area contributed by atoms with E-state index in [0.717, 1.165) is 36.0 Å². The summed E-state index contributed by atoms with van der Waals surface area (Å²) < 4.78 is 12.3. The van der Waals surface area contributed by atoms with Gasteiger partial charge >= 0.3 is 0 Å². The maximum Gasteiger partial charge on any atom is 0.168 e. The van der Waals surface area contributed by atoms with Gasteiger partial charge < -0.3 is 14.0 Å². The molecule has 0 saturated carbocycles. The Kier molecular flexibility index (Phi) is 5.23. The van der Waals surface area contributed by atoms with E-state index >= 15 is 0 Å². The molecule has 1 aromatic rings. The smallest absolute Gasteiger partial charge is 0.168 e.